The number of hydrogen-bond donors (Lipinski definition) is 4. The molecular weight excluding hydrogens is 801 g/mol. The molecule has 0 amide bonds. The predicted octanol–water partition coefficient (Wildman–Crippen LogP) is 10.6. The lowest BCUT2D eigenvalue weighted by molar-refractivity contribution is 0.343. The molecule has 2 aromatic carbocycles. The number of aromatic amines is 2. The highest BCUT2D eigenvalue weighted by molar-refractivity contribution is 6.32. The number of piperidine rings is 2. The van der Waals surface area contributed by atoms with Crippen molar-refractivity contribution in [3.8, 4) is 22.3 Å². The number of rotatable bonds is 8. The second-order valence-electron chi connectivity index (χ2n) is 15.1. The van der Waals surface area contributed by atoms with E-state index in [2.05, 4.69) is 74.7 Å². The Morgan fingerprint density at radius 1 is 0.533 bits per heavy atom. The van der Waals surface area contributed by atoms with Crippen molar-refractivity contribution >= 4 is 69.6 Å². The average Bonchev–Trinajstić information content (AvgIpc) is 4.11. The molecule has 0 bridgehead atoms. The van der Waals surface area contributed by atoms with Gasteiger partial charge in [0, 0.05) is 81.3 Å². The van der Waals surface area contributed by atoms with Gasteiger partial charge in [-0.25, -0.2) is 18.7 Å². The van der Waals surface area contributed by atoms with Crippen LogP contribution in [0.2, 0.25) is 10.0 Å². The normalized spacial score (nSPS) is 15.4. The highest BCUT2D eigenvalue weighted by Crippen LogP contribution is 2.30. The van der Waals surface area contributed by atoms with Crippen LogP contribution in [-0.2, 0) is 0 Å². The molecule has 4 N–H and O–H groups in total. The van der Waals surface area contributed by atoms with Crippen LogP contribution in [-0.4, -0.2) is 65.7 Å². The molecule has 0 aliphatic carbocycles. The van der Waals surface area contributed by atoms with Gasteiger partial charge in [-0.1, -0.05) is 59.6 Å². The van der Waals surface area contributed by atoms with Gasteiger partial charge < -0.3 is 20.6 Å². The van der Waals surface area contributed by atoms with Crippen LogP contribution in [0.4, 0.5) is 8.78 Å². The maximum absolute atomic E-state index is 13.3. The molecule has 2 aliphatic heterocycles. The Morgan fingerprint density at radius 2 is 0.950 bits per heavy atom. The Bertz CT molecular complexity index is 2630. The molecule has 0 saturated carbocycles. The average molecular weight is 844 g/mol. The molecular formula is C46H42Cl2F2N10. The fourth-order valence-electron chi connectivity index (χ4n) is 7.79. The molecule has 2 saturated heterocycles. The lowest BCUT2D eigenvalue weighted by Gasteiger charge is -2.22. The highest BCUT2D eigenvalue weighted by Gasteiger charge is 2.18. The van der Waals surface area contributed by atoms with E-state index in [0.29, 0.717) is 22.1 Å². The maximum Gasteiger partial charge on any atom is 0.137 e. The van der Waals surface area contributed by atoms with E-state index in [1.165, 1.54) is 24.3 Å². The van der Waals surface area contributed by atoms with Crippen molar-refractivity contribution in [2.24, 2.45) is 0 Å². The first kappa shape index (κ1) is 39.5. The van der Waals surface area contributed by atoms with Gasteiger partial charge in [0.1, 0.15) is 22.9 Å². The molecule has 0 atom stereocenters. The quantitative estimate of drug-likeness (QED) is 0.121. The van der Waals surface area contributed by atoms with Crippen molar-refractivity contribution < 1.29 is 8.78 Å². The lowest BCUT2D eigenvalue weighted by atomic mass is 10.1. The Kier molecular flexibility index (Phi) is 11.7. The van der Waals surface area contributed by atoms with E-state index in [1.54, 1.807) is 12.1 Å². The molecule has 0 unspecified atom stereocenters. The monoisotopic (exact) mass is 842 g/mol. The number of benzene rings is 2. The van der Waals surface area contributed by atoms with E-state index >= 15 is 0 Å². The molecule has 10 nitrogen and oxygen atoms in total. The fourth-order valence-corrected chi connectivity index (χ4v) is 8.25. The van der Waals surface area contributed by atoms with E-state index in [9.17, 15) is 8.78 Å². The topological polar surface area (TPSA) is 117 Å². The summed E-state index contributed by atoms with van der Waals surface area (Å²) in [6.07, 6.45) is 27.7. The van der Waals surface area contributed by atoms with E-state index in [4.69, 9.17) is 23.2 Å². The third-order valence-electron chi connectivity index (χ3n) is 11.2. The smallest absolute Gasteiger partial charge is 0.137 e. The number of nitrogens with zero attached hydrogens (tertiary/aromatic N) is 6. The summed E-state index contributed by atoms with van der Waals surface area (Å²) in [7, 11) is 0. The number of pyridine rings is 2. The molecule has 2 fully saturated rings. The van der Waals surface area contributed by atoms with Crippen LogP contribution >= 0.6 is 23.2 Å². The van der Waals surface area contributed by atoms with Crippen LogP contribution in [0.25, 0.3) is 68.6 Å². The summed E-state index contributed by atoms with van der Waals surface area (Å²) in [4.78, 5) is 15.5. The summed E-state index contributed by atoms with van der Waals surface area (Å²) in [5.74, 6) is -0.689. The number of hydrogen-bond acceptors (Lipinski definition) is 6. The first-order valence-corrected chi connectivity index (χ1v) is 20.8. The first-order valence-electron chi connectivity index (χ1n) is 20.1. The third-order valence-corrected chi connectivity index (χ3v) is 11.8. The second-order valence-corrected chi connectivity index (χ2v) is 15.9. The van der Waals surface area contributed by atoms with Crippen LogP contribution in [0.15, 0.2) is 98.1 Å². The summed E-state index contributed by atoms with van der Waals surface area (Å²) >= 11 is 12.3. The largest absolute Gasteiger partial charge is 0.346 e. The third kappa shape index (κ3) is 8.83. The van der Waals surface area contributed by atoms with Crippen molar-refractivity contribution in [2.45, 2.75) is 37.8 Å². The van der Waals surface area contributed by atoms with Crippen LogP contribution in [0, 0.1) is 11.6 Å². The van der Waals surface area contributed by atoms with Crippen molar-refractivity contribution in [1.29, 1.82) is 0 Å². The standard InChI is InChI=1S/2C23H21ClFN5/c2*24-22-10-19(25)4-3-15(22)1-2-16-11-27-23-21(16)9-17(12-28-23)18-13-29-30(14-18)20-5-7-26-8-6-20/h2*1-4,9-14,20,26H,5-8H2,(H,27,28)/b2-1+;2-1-. The predicted molar refractivity (Wildman–Crippen MR) is 238 cm³/mol. The SMILES string of the molecule is Fc1ccc(/C=C/c2c[nH]c3ncc(-c4cnn(C5CCNCC5)c4)cc23)c(Cl)c1.Fc1ccc(/C=C\c2c[nH]c3ncc(-c4cnn(C5CCNCC5)c4)cc23)c(Cl)c1. The molecule has 6 aromatic heterocycles. The summed E-state index contributed by atoms with van der Waals surface area (Å²) in [5.41, 5.74) is 9.30. The number of fused-ring (bicyclic) bond motifs is 2. The molecule has 14 heteroatoms. The minimum absolute atomic E-state index is 0.344. The zero-order valence-electron chi connectivity index (χ0n) is 32.6. The van der Waals surface area contributed by atoms with Crippen LogP contribution in [0.5, 0.6) is 0 Å². The Labute approximate surface area is 355 Å². The van der Waals surface area contributed by atoms with Gasteiger partial charge in [0.2, 0.25) is 0 Å². The molecule has 2 aliphatic rings. The van der Waals surface area contributed by atoms with Gasteiger partial charge in [-0.2, -0.15) is 10.2 Å². The minimum atomic E-state index is -0.344. The van der Waals surface area contributed by atoms with Gasteiger partial charge >= 0.3 is 0 Å². The number of aromatic nitrogens is 8. The van der Waals surface area contributed by atoms with Crippen LogP contribution < -0.4 is 10.6 Å². The van der Waals surface area contributed by atoms with Crippen molar-refractivity contribution in [2.75, 3.05) is 26.2 Å². The van der Waals surface area contributed by atoms with Gasteiger partial charge in [-0.3, -0.25) is 9.36 Å². The number of H-pyrrole nitrogens is 2. The number of nitrogens with one attached hydrogen (secondary N) is 4. The van der Waals surface area contributed by atoms with Crippen LogP contribution in [0.1, 0.15) is 60.0 Å². The number of halogens is 4. The van der Waals surface area contributed by atoms with E-state index < -0.39 is 0 Å². The first-order chi connectivity index (χ1) is 29.3. The van der Waals surface area contributed by atoms with Gasteiger partial charge in [0.25, 0.3) is 0 Å². The molecule has 10 rings (SSSR count). The van der Waals surface area contributed by atoms with Gasteiger partial charge in [-0.15, -0.1) is 0 Å². The van der Waals surface area contributed by atoms with E-state index in [1.807, 2.05) is 61.5 Å². The van der Waals surface area contributed by atoms with E-state index in [-0.39, 0.29) is 11.6 Å². The second kappa shape index (κ2) is 17.7. The van der Waals surface area contributed by atoms with Crippen molar-refractivity contribution in [3.05, 3.63) is 142 Å². The summed E-state index contributed by atoms with van der Waals surface area (Å²) < 4.78 is 30.7. The van der Waals surface area contributed by atoms with Crippen LogP contribution in [0.3, 0.4) is 0 Å². The molecule has 8 aromatic rings. The van der Waals surface area contributed by atoms with Gasteiger partial charge in [0.15, 0.2) is 0 Å². The Morgan fingerprint density at radius 3 is 1.37 bits per heavy atom. The molecule has 8 heterocycles. The van der Waals surface area contributed by atoms with Gasteiger partial charge in [0.05, 0.1) is 34.5 Å². The highest BCUT2D eigenvalue weighted by atomic mass is 35.5. The van der Waals surface area contributed by atoms with E-state index in [0.717, 1.165) is 118 Å². The molecule has 0 radical (unpaired) electrons. The zero-order chi connectivity index (χ0) is 41.0. The Hall–Kier alpha value is -5.92. The molecule has 60 heavy (non-hydrogen) atoms. The Balaban J connectivity index is 0.000000154. The van der Waals surface area contributed by atoms with Crippen molar-refractivity contribution in [3.63, 3.8) is 0 Å². The summed E-state index contributed by atoms with van der Waals surface area (Å²) in [6.45, 7) is 4.13. The molecule has 0 spiro atoms. The fraction of sp³-hybridized carbons (Fsp3) is 0.217. The van der Waals surface area contributed by atoms with Gasteiger partial charge in [-0.05, 0) is 99.4 Å². The lowest BCUT2D eigenvalue weighted by Crippen LogP contribution is -2.29. The zero-order valence-corrected chi connectivity index (χ0v) is 34.1. The maximum atomic E-state index is 13.3. The summed E-state index contributed by atoms with van der Waals surface area (Å²) in [6, 6.07) is 13.9. The summed E-state index contributed by atoms with van der Waals surface area (Å²) in [5, 5.41) is 18.8. The minimum Gasteiger partial charge on any atom is -0.346 e. The molecule has 304 valence electrons. The van der Waals surface area contributed by atoms with Crippen molar-refractivity contribution in [1.82, 2.24) is 50.1 Å².